The van der Waals surface area contributed by atoms with Crippen molar-refractivity contribution >= 4 is 5.91 Å². The van der Waals surface area contributed by atoms with Crippen LogP contribution in [0, 0.1) is 12.7 Å². The minimum atomic E-state index is -0.357. The van der Waals surface area contributed by atoms with E-state index in [2.05, 4.69) is 5.32 Å². The number of carbonyl (C=O) groups excluding carboxylic acids is 1. The van der Waals surface area contributed by atoms with E-state index in [9.17, 15) is 9.18 Å². The molecule has 0 unspecified atom stereocenters. The number of benzene rings is 3. The van der Waals surface area contributed by atoms with Gasteiger partial charge in [-0.25, -0.2) is 4.39 Å². The van der Waals surface area contributed by atoms with Gasteiger partial charge in [-0.2, -0.15) is 0 Å². The van der Waals surface area contributed by atoms with Crippen molar-refractivity contribution in [1.29, 1.82) is 0 Å². The number of halogens is 1. The van der Waals surface area contributed by atoms with Crippen molar-refractivity contribution in [2.75, 3.05) is 0 Å². The average molecular weight is 333 g/mol. The molecular weight excluding hydrogens is 313 g/mol. The molecule has 0 bridgehead atoms. The zero-order valence-electron chi connectivity index (χ0n) is 14.1. The van der Waals surface area contributed by atoms with Crippen molar-refractivity contribution in [3.05, 3.63) is 107 Å². The van der Waals surface area contributed by atoms with Gasteiger partial charge in [0.05, 0.1) is 12.5 Å². The largest absolute Gasteiger partial charge is 0.345 e. The second-order valence-electron chi connectivity index (χ2n) is 6.09. The van der Waals surface area contributed by atoms with Gasteiger partial charge in [-0.15, -0.1) is 0 Å². The van der Waals surface area contributed by atoms with Crippen LogP contribution in [0.4, 0.5) is 4.39 Å². The van der Waals surface area contributed by atoms with Crippen LogP contribution in [0.15, 0.2) is 78.9 Å². The standard InChI is InChI=1S/C22H20FNO/c1-16-11-13-18(14-12-16)22(17-7-3-2-4-8-17)24-21(25)15-19-9-5-6-10-20(19)23/h2-14,22H,15H2,1H3,(H,24,25)/t22-/m0/s1. The van der Waals surface area contributed by atoms with Gasteiger partial charge in [0.25, 0.3) is 0 Å². The van der Waals surface area contributed by atoms with Gasteiger partial charge in [0, 0.05) is 0 Å². The molecule has 0 aliphatic rings. The summed E-state index contributed by atoms with van der Waals surface area (Å²) in [5.74, 6) is -0.566. The number of hydrogen-bond donors (Lipinski definition) is 1. The molecule has 0 spiro atoms. The van der Waals surface area contributed by atoms with Crippen molar-refractivity contribution in [2.24, 2.45) is 0 Å². The summed E-state index contributed by atoms with van der Waals surface area (Å²) in [6.07, 6.45) is 0.0157. The number of hydrogen-bond acceptors (Lipinski definition) is 1. The Morgan fingerprint density at radius 1 is 0.880 bits per heavy atom. The highest BCUT2D eigenvalue weighted by atomic mass is 19.1. The summed E-state index contributed by atoms with van der Waals surface area (Å²) in [5, 5.41) is 3.04. The maximum absolute atomic E-state index is 13.8. The van der Waals surface area contributed by atoms with E-state index in [1.165, 1.54) is 6.07 Å². The molecule has 0 aliphatic carbocycles. The Bertz CT molecular complexity index is 843. The van der Waals surface area contributed by atoms with Crippen molar-refractivity contribution in [1.82, 2.24) is 5.32 Å². The monoisotopic (exact) mass is 333 g/mol. The van der Waals surface area contributed by atoms with Gasteiger partial charge < -0.3 is 5.32 Å². The predicted molar refractivity (Wildman–Crippen MR) is 97.7 cm³/mol. The molecule has 0 radical (unpaired) electrons. The first kappa shape index (κ1) is 16.9. The van der Waals surface area contributed by atoms with Crippen molar-refractivity contribution in [3.63, 3.8) is 0 Å². The molecule has 0 saturated heterocycles. The fourth-order valence-electron chi connectivity index (χ4n) is 2.79. The molecule has 0 fully saturated rings. The lowest BCUT2D eigenvalue weighted by Crippen LogP contribution is -2.30. The summed E-state index contributed by atoms with van der Waals surface area (Å²) in [5.41, 5.74) is 3.55. The molecule has 25 heavy (non-hydrogen) atoms. The Balaban J connectivity index is 1.84. The van der Waals surface area contributed by atoms with Gasteiger partial charge in [-0.05, 0) is 29.7 Å². The van der Waals surface area contributed by atoms with Gasteiger partial charge in [-0.1, -0.05) is 78.4 Å². The van der Waals surface area contributed by atoms with Gasteiger partial charge in [0.2, 0.25) is 5.91 Å². The predicted octanol–water partition coefficient (Wildman–Crippen LogP) is 4.58. The third kappa shape index (κ3) is 4.32. The highest BCUT2D eigenvalue weighted by Crippen LogP contribution is 2.22. The Kier molecular flexibility index (Phi) is 5.24. The minimum absolute atomic E-state index is 0.0157. The summed E-state index contributed by atoms with van der Waals surface area (Å²) in [6.45, 7) is 2.03. The number of nitrogens with one attached hydrogen (secondary N) is 1. The van der Waals surface area contributed by atoms with E-state index in [4.69, 9.17) is 0 Å². The molecular formula is C22H20FNO. The molecule has 0 aliphatic heterocycles. The molecule has 0 aromatic heterocycles. The lowest BCUT2D eigenvalue weighted by atomic mass is 9.97. The van der Waals surface area contributed by atoms with E-state index in [-0.39, 0.29) is 24.2 Å². The first-order valence-electron chi connectivity index (χ1n) is 8.28. The van der Waals surface area contributed by atoms with Crippen LogP contribution >= 0.6 is 0 Å². The SMILES string of the molecule is Cc1ccc([C@@H](NC(=O)Cc2ccccc2F)c2ccccc2)cc1. The van der Waals surface area contributed by atoms with E-state index in [0.717, 1.165) is 16.7 Å². The van der Waals surface area contributed by atoms with Gasteiger partial charge >= 0.3 is 0 Å². The Morgan fingerprint density at radius 2 is 1.48 bits per heavy atom. The summed E-state index contributed by atoms with van der Waals surface area (Å²) >= 11 is 0. The zero-order valence-corrected chi connectivity index (χ0v) is 14.1. The number of rotatable bonds is 5. The first-order valence-corrected chi connectivity index (χ1v) is 8.28. The Labute approximate surface area is 147 Å². The third-order valence-corrected chi connectivity index (χ3v) is 4.16. The summed E-state index contributed by atoms with van der Waals surface area (Å²) in [7, 11) is 0. The Hall–Kier alpha value is -2.94. The lowest BCUT2D eigenvalue weighted by Gasteiger charge is -2.20. The molecule has 3 rings (SSSR count). The van der Waals surface area contributed by atoms with Crippen molar-refractivity contribution in [3.8, 4) is 0 Å². The Morgan fingerprint density at radius 3 is 2.16 bits per heavy atom. The molecule has 3 aromatic rings. The fourth-order valence-corrected chi connectivity index (χ4v) is 2.79. The molecule has 2 nitrogen and oxygen atoms in total. The van der Waals surface area contributed by atoms with E-state index < -0.39 is 0 Å². The topological polar surface area (TPSA) is 29.1 Å². The fraction of sp³-hybridized carbons (Fsp3) is 0.136. The van der Waals surface area contributed by atoms with Crippen LogP contribution < -0.4 is 5.32 Å². The first-order chi connectivity index (χ1) is 12.1. The van der Waals surface area contributed by atoms with E-state index in [0.29, 0.717) is 5.56 Å². The van der Waals surface area contributed by atoms with Crippen molar-refractivity contribution in [2.45, 2.75) is 19.4 Å². The lowest BCUT2D eigenvalue weighted by molar-refractivity contribution is -0.121. The molecule has 1 atom stereocenters. The molecule has 126 valence electrons. The molecule has 1 N–H and O–H groups in total. The van der Waals surface area contributed by atoms with E-state index in [1.807, 2.05) is 61.5 Å². The molecule has 1 amide bonds. The maximum Gasteiger partial charge on any atom is 0.225 e. The molecule has 0 saturated carbocycles. The normalized spacial score (nSPS) is 11.8. The maximum atomic E-state index is 13.8. The van der Waals surface area contributed by atoms with Crippen LogP contribution in [0.1, 0.15) is 28.3 Å². The average Bonchev–Trinajstić information content (AvgIpc) is 2.63. The van der Waals surface area contributed by atoms with Crippen LogP contribution in [0.3, 0.4) is 0 Å². The second-order valence-corrected chi connectivity index (χ2v) is 6.09. The summed E-state index contributed by atoms with van der Waals surface area (Å²) in [6, 6.07) is 24.0. The molecule has 3 heteroatoms. The highest BCUT2D eigenvalue weighted by molar-refractivity contribution is 5.79. The summed E-state index contributed by atoms with van der Waals surface area (Å²) < 4.78 is 13.8. The number of aryl methyl sites for hydroxylation is 1. The smallest absolute Gasteiger partial charge is 0.225 e. The summed E-state index contributed by atoms with van der Waals surface area (Å²) in [4.78, 5) is 12.5. The van der Waals surface area contributed by atoms with Crippen LogP contribution in [-0.4, -0.2) is 5.91 Å². The van der Waals surface area contributed by atoms with Crippen LogP contribution in [0.2, 0.25) is 0 Å². The van der Waals surface area contributed by atoms with Crippen LogP contribution in [0.5, 0.6) is 0 Å². The third-order valence-electron chi connectivity index (χ3n) is 4.16. The van der Waals surface area contributed by atoms with Gasteiger partial charge in [0.1, 0.15) is 5.82 Å². The van der Waals surface area contributed by atoms with Gasteiger partial charge in [-0.3, -0.25) is 4.79 Å². The molecule has 3 aromatic carbocycles. The quantitative estimate of drug-likeness (QED) is 0.727. The van der Waals surface area contributed by atoms with Crippen LogP contribution in [0.25, 0.3) is 0 Å². The number of carbonyl (C=O) groups is 1. The van der Waals surface area contributed by atoms with Crippen molar-refractivity contribution < 1.29 is 9.18 Å². The van der Waals surface area contributed by atoms with E-state index >= 15 is 0 Å². The van der Waals surface area contributed by atoms with Crippen LogP contribution in [-0.2, 0) is 11.2 Å². The highest BCUT2D eigenvalue weighted by Gasteiger charge is 2.17. The zero-order chi connectivity index (χ0) is 17.6. The minimum Gasteiger partial charge on any atom is -0.345 e. The van der Waals surface area contributed by atoms with E-state index in [1.54, 1.807) is 18.2 Å². The second kappa shape index (κ2) is 7.75. The number of amides is 1. The van der Waals surface area contributed by atoms with Gasteiger partial charge in [0.15, 0.2) is 0 Å². The molecule has 0 heterocycles.